The van der Waals surface area contributed by atoms with Gasteiger partial charge in [0.1, 0.15) is 5.75 Å². The summed E-state index contributed by atoms with van der Waals surface area (Å²) in [6.07, 6.45) is 3.51. The second-order valence-corrected chi connectivity index (χ2v) is 9.29. The number of nitrogens with one attached hydrogen (secondary N) is 1. The summed E-state index contributed by atoms with van der Waals surface area (Å²) < 4.78 is 5.55. The zero-order valence-electron chi connectivity index (χ0n) is 20.8. The van der Waals surface area contributed by atoms with Crippen molar-refractivity contribution in [2.75, 3.05) is 33.8 Å². The van der Waals surface area contributed by atoms with E-state index in [-0.39, 0.29) is 30.5 Å². The van der Waals surface area contributed by atoms with Gasteiger partial charge in [-0.1, -0.05) is 48.9 Å². The Hall–Kier alpha value is -2.57. The van der Waals surface area contributed by atoms with Crippen LogP contribution in [0.4, 0.5) is 0 Å². The lowest BCUT2D eigenvalue weighted by molar-refractivity contribution is -0.130. The number of likely N-dealkylation sites (N-methyl/N-ethyl adjacent to an activating group) is 1. The zero-order chi connectivity index (χ0) is 24.9. The zero-order valence-corrected chi connectivity index (χ0v) is 21.6. The highest BCUT2D eigenvalue weighted by Crippen LogP contribution is 2.15. The third kappa shape index (κ3) is 10.1. The predicted octanol–water partition coefficient (Wildman–Crippen LogP) is 4.42. The average molecular weight is 488 g/mol. The summed E-state index contributed by atoms with van der Waals surface area (Å²) in [5.41, 5.74) is 1.23. The van der Waals surface area contributed by atoms with Crippen molar-refractivity contribution in [3.8, 4) is 5.75 Å². The number of hydrogen-bond donors (Lipinski definition) is 1. The fourth-order valence-corrected chi connectivity index (χ4v) is 3.99. The number of carbonyl (C=O) groups excluding carboxylic acids is 2. The lowest BCUT2D eigenvalue weighted by Gasteiger charge is -2.33. The van der Waals surface area contributed by atoms with Gasteiger partial charge < -0.3 is 15.0 Å². The minimum Gasteiger partial charge on any atom is -0.484 e. The number of ether oxygens (including phenoxy) is 1. The first-order chi connectivity index (χ1) is 16.3. The number of carbonyl (C=O) groups is 2. The molecule has 0 aliphatic heterocycles. The van der Waals surface area contributed by atoms with E-state index >= 15 is 0 Å². The molecule has 186 valence electrons. The molecular formula is C27H38ClN3O3. The Kier molecular flexibility index (Phi) is 11.9. The molecule has 2 aromatic rings. The molecule has 2 amide bonds. The van der Waals surface area contributed by atoms with Crippen LogP contribution in [0.25, 0.3) is 0 Å². The summed E-state index contributed by atoms with van der Waals surface area (Å²) in [6.45, 7) is 5.28. The quantitative estimate of drug-likeness (QED) is 0.428. The van der Waals surface area contributed by atoms with Crippen LogP contribution in [0.2, 0.25) is 5.02 Å². The largest absolute Gasteiger partial charge is 0.484 e. The molecule has 6 nitrogen and oxygen atoms in total. The topological polar surface area (TPSA) is 61.9 Å². The number of amides is 2. The number of aryl methyl sites for hydroxylation is 1. The van der Waals surface area contributed by atoms with Crippen molar-refractivity contribution in [1.29, 1.82) is 0 Å². The summed E-state index contributed by atoms with van der Waals surface area (Å²) >= 11 is 5.99. The fourth-order valence-electron chi connectivity index (χ4n) is 3.87. The molecular weight excluding hydrogens is 450 g/mol. The normalized spacial score (nSPS) is 12.8. The molecule has 0 aliphatic carbocycles. The smallest absolute Gasteiger partial charge is 0.258 e. The van der Waals surface area contributed by atoms with Crippen LogP contribution in [0.3, 0.4) is 0 Å². The molecule has 2 aromatic carbocycles. The van der Waals surface area contributed by atoms with Crippen molar-refractivity contribution in [3.63, 3.8) is 0 Å². The van der Waals surface area contributed by atoms with Gasteiger partial charge in [0.25, 0.3) is 5.91 Å². The molecule has 0 aliphatic rings. The van der Waals surface area contributed by atoms with Crippen LogP contribution >= 0.6 is 11.6 Å². The van der Waals surface area contributed by atoms with Gasteiger partial charge in [0, 0.05) is 31.2 Å². The Bertz CT molecular complexity index is 874. The second-order valence-electron chi connectivity index (χ2n) is 8.86. The third-order valence-electron chi connectivity index (χ3n) is 5.79. The molecule has 7 heteroatoms. The monoisotopic (exact) mass is 487 g/mol. The molecule has 0 saturated heterocycles. The SMILES string of the molecule is CCC(CC(C)NC(=O)COc1ccccc1)N(CCCc1ccc(Cl)cc1)CC(=O)N(C)C. The maximum Gasteiger partial charge on any atom is 0.258 e. The minimum absolute atomic E-state index is 0.0188. The van der Waals surface area contributed by atoms with Crippen molar-refractivity contribution >= 4 is 23.4 Å². The number of halogens is 1. The highest BCUT2D eigenvalue weighted by molar-refractivity contribution is 6.30. The Morgan fingerprint density at radius 1 is 1.06 bits per heavy atom. The summed E-state index contributed by atoms with van der Waals surface area (Å²) in [6, 6.07) is 17.4. The molecule has 0 spiro atoms. The predicted molar refractivity (Wildman–Crippen MR) is 138 cm³/mol. The molecule has 1 N–H and O–H groups in total. The van der Waals surface area contributed by atoms with Crippen LogP contribution < -0.4 is 10.1 Å². The molecule has 0 saturated carbocycles. The van der Waals surface area contributed by atoms with E-state index in [9.17, 15) is 9.59 Å². The summed E-state index contributed by atoms with van der Waals surface area (Å²) in [4.78, 5) is 28.8. The summed E-state index contributed by atoms with van der Waals surface area (Å²) in [5, 5.41) is 3.77. The van der Waals surface area contributed by atoms with Crippen LogP contribution in [0.15, 0.2) is 54.6 Å². The standard InChI is InChI=1S/C27H38ClN3O3/c1-5-24(18-21(2)29-26(32)20-34-25-11-7-6-8-12-25)31(19-27(33)30(3)4)17-9-10-22-13-15-23(28)16-14-22/h6-8,11-16,21,24H,5,9-10,17-20H2,1-4H3,(H,29,32). The van der Waals surface area contributed by atoms with Crippen molar-refractivity contribution < 1.29 is 14.3 Å². The van der Waals surface area contributed by atoms with Gasteiger partial charge in [0.2, 0.25) is 5.91 Å². The maximum atomic E-state index is 12.5. The number of rotatable bonds is 14. The van der Waals surface area contributed by atoms with Gasteiger partial charge in [-0.15, -0.1) is 0 Å². The lowest BCUT2D eigenvalue weighted by Crippen LogP contribution is -2.46. The second kappa shape index (κ2) is 14.6. The van der Waals surface area contributed by atoms with Gasteiger partial charge >= 0.3 is 0 Å². The maximum absolute atomic E-state index is 12.5. The van der Waals surface area contributed by atoms with Crippen molar-refractivity contribution in [3.05, 3.63) is 65.2 Å². The molecule has 0 radical (unpaired) electrons. The minimum atomic E-state index is -0.148. The molecule has 2 unspecified atom stereocenters. The van der Waals surface area contributed by atoms with Crippen LogP contribution in [-0.4, -0.2) is 67.5 Å². The highest BCUT2D eigenvalue weighted by Gasteiger charge is 2.23. The summed E-state index contributed by atoms with van der Waals surface area (Å²) in [5.74, 6) is 0.605. The van der Waals surface area contributed by atoms with Crippen molar-refractivity contribution in [2.45, 2.75) is 51.6 Å². The molecule has 2 rings (SSSR count). The first-order valence-corrected chi connectivity index (χ1v) is 12.3. The van der Waals surface area contributed by atoms with Crippen LogP contribution in [-0.2, 0) is 16.0 Å². The van der Waals surface area contributed by atoms with Crippen LogP contribution in [0.5, 0.6) is 5.75 Å². The van der Waals surface area contributed by atoms with Gasteiger partial charge in [0.15, 0.2) is 6.61 Å². The van der Waals surface area contributed by atoms with E-state index < -0.39 is 0 Å². The van der Waals surface area contributed by atoms with Crippen LogP contribution in [0, 0.1) is 0 Å². The van der Waals surface area contributed by atoms with E-state index in [1.54, 1.807) is 19.0 Å². The first-order valence-electron chi connectivity index (χ1n) is 11.9. The number of hydrogen-bond acceptors (Lipinski definition) is 4. The highest BCUT2D eigenvalue weighted by atomic mass is 35.5. The van der Waals surface area contributed by atoms with E-state index in [4.69, 9.17) is 16.3 Å². The van der Waals surface area contributed by atoms with Crippen molar-refractivity contribution in [1.82, 2.24) is 15.1 Å². The molecule has 2 atom stereocenters. The first kappa shape index (κ1) is 27.7. The Balaban J connectivity index is 1.91. The fraction of sp³-hybridized carbons (Fsp3) is 0.481. The average Bonchev–Trinajstić information content (AvgIpc) is 2.82. The van der Waals surface area contributed by atoms with Gasteiger partial charge in [-0.25, -0.2) is 0 Å². The molecule has 34 heavy (non-hydrogen) atoms. The van der Waals surface area contributed by atoms with Crippen LogP contribution in [0.1, 0.15) is 38.7 Å². The Labute approximate surface area is 209 Å². The number of nitrogens with zero attached hydrogens (tertiary/aromatic N) is 2. The van der Waals surface area contributed by atoms with Gasteiger partial charge in [-0.3, -0.25) is 14.5 Å². The van der Waals surface area contributed by atoms with Crippen molar-refractivity contribution in [2.24, 2.45) is 0 Å². The number of benzene rings is 2. The van der Waals surface area contributed by atoms with E-state index in [0.717, 1.165) is 37.3 Å². The Morgan fingerprint density at radius 3 is 2.35 bits per heavy atom. The van der Waals surface area contributed by atoms with E-state index in [1.165, 1.54) is 5.56 Å². The molecule has 0 aromatic heterocycles. The van der Waals surface area contributed by atoms with Gasteiger partial charge in [-0.05, 0) is 69.0 Å². The third-order valence-corrected chi connectivity index (χ3v) is 6.05. The number of para-hydroxylation sites is 1. The van der Waals surface area contributed by atoms with Gasteiger partial charge in [0.05, 0.1) is 6.54 Å². The van der Waals surface area contributed by atoms with E-state index in [0.29, 0.717) is 12.3 Å². The van der Waals surface area contributed by atoms with Gasteiger partial charge in [-0.2, -0.15) is 0 Å². The van der Waals surface area contributed by atoms with E-state index in [1.807, 2.05) is 61.5 Å². The summed E-state index contributed by atoms with van der Waals surface area (Å²) in [7, 11) is 3.57. The molecule has 0 heterocycles. The molecule has 0 bridgehead atoms. The van der Waals surface area contributed by atoms with E-state index in [2.05, 4.69) is 17.1 Å². The Morgan fingerprint density at radius 2 is 1.74 bits per heavy atom. The molecule has 0 fully saturated rings. The lowest BCUT2D eigenvalue weighted by atomic mass is 10.0.